The van der Waals surface area contributed by atoms with Crippen molar-refractivity contribution in [3.8, 4) is 0 Å². The number of sulfonamides is 1. The number of nitrogens with zero attached hydrogens (tertiary/aromatic N) is 6. The van der Waals surface area contributed by atoms with E-state index in [1.165, 1.54) is 4.31 Å². The van der Waals surface area contributed by atoms with E-state index in [0.29, 0.717) is 44.0 Å². The Kier molecular flexibility index (Phi) is 5.17. The van der Waals surface area contributed by atoms with Crippen molar-refractivity contribution in [2.75, 3.05) is 18.8 Å². The number of hydrogen-bond acceptors (Lipinski definition) is 7. The topological polar surface area (TPSA) is 124 Å². The van der Waals surface area contributed by atoms with Gasteiger partial charge in [-0.3, -0.25) is 9.48 Å². The van der Waals surface area contributed by atoms with Crippen LogP contribution in [0, 0.1) is 0 Å². The number of amides is 1. The summed E-state index contributed by atoms with van der Waals surface area (Å²) in [6.45, 7) is 5.91. The Morgan fingerprint density at radius 1 is 1.34 bits per heavy atom. The molecule has 0 aromatic carbocycles. The van der Waals surface area contributed by atoms with Crippen molar-refractivity contribution in [1.82, 2.24) is 34.4 Å². The maximum Gasteiger partial charge on any atom is 0.269 e. The average Bonchev–Trinajstić information content (AvgIpc) is 3.44. The minimum absolute atomic E-state index is 0.0818. The van der Waals surface area contributed by atoms with Gasteiger partial charge in [0, 0.05) is 25.8 Å². The minimum Gasteiger partial charge on any atom is -0.365 e. The molecule has 4 rings (SSSR count). The predicted molar refractivity (Wildman–Crippen MR) is 102 cm³/mol. The molecule has 12 heteroatoms. The lowest BCUT2D eigenvalue weighted by Crippen LogP contribution is -2.45. The third kappa shape index (κ3) is 3.67. The van der Waals surface area contributed by atoms with Crippen LogP contribution in [0.3, 0.4) is 0 Å². The summed E-state index contributed by atoms with van der Waals surface area (Å²) >= 11 is 0. The number of carbonyl (C=O) groups is 1. The van der Waals surface area contributed by atoms with Gasteiger partial charge >= 0.3 is 0 Å². The molecule has 0 aliphatic carbocycles. The second kappa shape index (κ2) is 7.50. The number of hydrogen-bond donors (Lipinski definition) is 1. The SMILES string of the molecule is CCn1nccc1C(=O)NCc1nnn2c1COC1(CCN(S(=O)(=O)CC)C1)C2. The molecule has 4 heterocycles. The molecular formula is C17H25N7O4S. The third-order valence-corrected chi connectivity index (χ3v) is 7.40. The molecule has 158 valence electrons. The Morgan fingerprint density at radius 3 is 2.93 bits per heavy atom. The first-order chi connectivity index (χ1) is 13.9. The van der Waals surface area contributed by atoms with Gasteiger partial charge < -0.3 is 10.1 Å². The van der Waals surface area contributed by atoms with Crippen LogP contribution in [0.2, 0.25) is 0 Å². The molecule has 1 N–H and O–H groups in total. The van der Waals surface area contributed by atoms with E-state index in [4.69, 9.17) is 4.74 Å². The highest BCUT2D eigenvalue weighted by molar-refractivity contribution is 7.89. The van der Waals surface area contributed by atoms with Crippen molar-refractivity contribution in [3.63, 3.8) is 0 Å². The Bertz CT molecular complexity index is 1010. The lowest BCUT2D eigenvalue weighted by Gasteiger charge is -2.33. The third-order valence-electron chi connectivity index (χ3n) is 5.58. The van der Waals surface area contributed by atoms with Gasteiger partial charge in [0.2, 0.25) is 10.0 Å². The van der Waals surface area contributed by atoms with Crippen molar-refractivity contribution in [2.45, 2.75) is 52.1 Å². The predicted octanol–water partition coefficient (Wildman–Crippen LogP) is -0.251. The van der Waals surface area contributed by atoms with E-state index < -0.39 is 15.6 Å². The van der Waals surface area contributed by atoms with Gasteiger partial charge in [-0.1, -0.05) is 5.21 Å². The van der Waals surface area contributed by atoms with E-state index in [1.54, 1.807) is 28.6 Å². The maximum atomic E-state index is 12.4. The molecule has 29 heavy (non-hydrogen) atoms. The molecule has 0 saturated carbocycles. The average molecular weight is 423 g/mol. The number of nitrogens with one attached hydrogen (secondary N) is 1. The van der Waals surface area contributed by atoms with Crippen LogP contribution in [0.4, 0.5) is 0 Å². The number of fused-ring (bicyclic) bond motifs is 1. The van der Waals surface area contributed by atoms with Gasteiger partial charge in [0.05, 0.1) is 31.1 Å². The summed E-state index contributed by atoms with van der Waals surface area (Å²) in [5, 5.41) is 15.4. The van der Waals surface area contributed by atoms with Gasteiger partial charge in [0.15, 0.2) is 0 Å². The molecule has 0 bridgehead atoms. The molecule has 1 fully saturated rings. The van der Waals surface area contributed by atoms with Crippen molar-refractivity contribution in [3.05, 3.63) is 29.3 Å². The van der Waals surface area contributed by atoms with Gasteiger partial charge in [-0.25, -0.2) is 13.1 Å². The largest absolute Gasteiger partial charge is 0.365 e. The zero-order valence-electron chi connectivity index (χ0n) is 16.5. The fraction of sp³-hybridized carbons (Fsp3) is 0.647. The second-order valence-electron chi connectivity index (χ2n) is 7.31. The summed E-state index contributed by atoms with van der Waals surface area (Å²) in [6, 6.07) is 1.67. The zero-order valence-corrected chi connectivity index (χ0v) is 17.4. The van der Waals surface area contributed by atoms with Crippen LogP contribution in [-0.2, 0) is 41.0 Å². The van der Waals surface area contributed by atoms with E-state index in [0.717, 1.165) is 5.69 Å². The summed E-state index contributed by atoms with van der Waals surface area (Å²) in [5.41, 5.74) is 1.37. The monoisotopic (exact) mass is 423 g/mol. The summed E-state index contributed by atoms with van der Waals surface area (Å²) in [4.78, 5) is 12.4. The van der Waals surface area contributed by atoms with Gasteiger partial charge in [-0.2, -0.15) is 9.40 Å². The number of aromatic nitrogens is 5. The second-order valence-corrected chi connectivity index (χ2v) is 9.57. The van der Waals surface area contributed by atoms with E-state index in [9.17, 15) is 13.2 Å². The van der Waals surface area contributed by atoms with Crippen molar-refractivity contribution in [2.24, 2.45) is 0 Å². The maximum absolute atomic E-state index is 12.4. The van der Waals surface area contributed by atoms with Crippen molar-refractivity contribution in [1.29, 1.82) is 0 Å². The van der Waals surface area contributed by atoms with E-state index in [2.05, 4.69) is 20.7 Å². The van der Waals surface area contributed by atoms with Gasteiger partial charge in [-0.15, -0.1) is 5.10 Å². The summed E-state index contributed by atoms with van der Waals surface area (Å²) < 4.78 is 35.3. The molecule has 2 aliphatic heterocycles. The molecule has 1 spiro atoms. The molecule has 2 aliphatic rings. The smallest absolute Gasteiger partial charge is 0.269 e. The van der Waals surface area contributed by atoms with E-state index >= 15 is 0 Å². The van der Waals surface area contributed by atoms with Gasteiger partial charge in [-0.05, 0) is 26.3 Å². The van der Waals surface area contributed by atoms with Crippen LogP contribution in [0.15, 0.2) is 12.3 Å². The number of rotatable bonds is 6. The van der Waals surface area contributed by atoms with Crippen LogP contribution >= 0.6 is 0 Å². The molecule has 1 atom stereocenters. The highest BCUT2D eigenvalue weighted by Gasteiger charge is 2.46. The fourth-order valence-electron chi connectivity index (χ4n) is 3.84. The van der Waals surface area contributed by atoms with Crippen LogP contribution in [0.25, 0.3) is 0 Å². The molecular weight excluding hydrogens is 398 g/mol. The Labute approximate surface area is 169 Å². The van der Waals surface area contributed by atoms with Crippen molar-refractivity contribution >= 4 is 15.9 Å². The lowest BCUT2D eigenvalue weighted by molar-refractivity contribution is -0.0813. The van der Waals surface area contributed by atoms with E-state index in [-0.39, 0.29) is 24.8 Å². The van der Waals surface area contributed by atoms with E-state index in [1.807, 2.05) is 6.92 Å². The van der Waals surface area contributed by atoms with Crippen LogP contribution < -0.4 is 5.32 Å². The molecule has 2 aromatic rings. The van der Waals surface area contributed by atoms with Gasteiger partial charge in [0.1, 0.15) is 17.0 Å². The standard InChI is InChI=1S/C17H25N7O4S/c1-3-23-14(5-7-19-23)16(25)18-9-13-15-10-28-17(12-24(15)21-20-13)6-8-22(11-17)29(26,27)4-2/h5,7H,3-4,6,8-12H2,1-2H3,(H,18,25). The Hall–Kier alpha value is -2.31. The normalized spacial score (nSPS) is 22.1. The molecule has 2 aromatic heterocycles. The zero-order chi connectivity index (χ0) is 20.6. The Morgan fingerprint density at radius 2 is 2.17 bits per heavy atom. The number of carbonyl (C=O) groups excluding carboxylic acids is 1. The molecule has 0 radical (unpaired) electrons. The van der Waals surface area contributed by atoms with Gasteiger partial charge in [0.25, 0.3) is 5.91 Å². The van der Waals surface area contributed by atoms with Crippen LogP contribution in [0.5, 0.6) is 0 Å². The van der Waals surface area contributed by atoms with Crippen molar-refractivity contribution < 1.29 is 17.9 Å². The Balaban J connectivity index is 1.42. The summed E-state index contributed by atoms with van der Waals surface area (Å²) in [5.74, 6) is -0.145. The minimum atomic E-state index is -3.24. The highest BCUT2D eigenvalue weighted by atomic mass is 32.2. The fourth-order valence-corrected chi connectivity index (χ4v) is 5.00. The summed E-state index contributed by atoms with van der Waals surface area (Å²) in [7, 11) is -3.24. The first-order valence-corrected chi connectivity index (χ1v) is 11.3. The van der Waals surface area contributed by atoms with Crippen LogP contribution in [-0.4, -0.2) is 67.8 Å². The molecule has 11 nitrogen and oxygen atoms in total. The van der Waals surface area contributed by atoms with Crippen LogP contribution in [0.1, 0.15) is 42.1 Å². The number of aryl methyl sites for hydroxylation is 1. The molecule has 1 saturated heterocycles. The summed E-state index contributed by atoms with van der Waals surface area (Å²) in [6.07, 6.45) is 2.22. The molecule has 1 unspecified atom stereocenters. The number of ether oxygens (including phenoxy) is 1. The first-order valence-electron chi connectivity index (χ1n) is 9.70. The first kappa shape index (κ1) is 20.0. The highest BCUT2D eigenvalue weighted by Crippen LogP contribution is 2.33. The lowest BCUT2D eigenvalue weighted by atomic mass is 10.0. The molecule has 1 amide bonds. The quantitative estimate of drug-likeness (QED) is 0.679.